The molecule has 0 aliphatic heterocycles. The van der Waals surface area contributed by atoms with Gasteiger partial charge < -0.3 is 19.2 Å². The average molecular weight is 402 g/mol. The summed E-state index contributed by atoms with van der Waals surface area (Å²) in [6, 6.07) is 3.87. The topological polar surface area (TPSA) is 72.1 Å². The molecule has 0 spiro atoms. The summed E-state index contributed by atoms with van der Waals surface area (Å²) in [5.74, 6) is -1.10. The summed E-state index contributed by atoms with van der Waals surface area (Å²) < 4.78 is 64.5. The fourth-order valence-electron chi connectivity index (χ4n) is 2.23. The molecule has 0 aliphatic carbocycles. The molecule has 3 aromatic heterocycles. The van der Waals surface area contributed by atoms with E-state index in [1.807, 2.05) is 0 Å². The largest absolute Gasteiger partial charge is 0.479 e. The molecule has 0 saturated heterocycles. The SMILES string of the molecule is COc1nc(OCCF)c(F)cc1NSc1c[nH]c2nc(C(F)F)ccc12. The molecule has 3 rings (SSSR count). The van der Waals surface area contributed by atoms with Crippen molar-refractivity contribution in [2.24, 2.45) is 0 Å². The number of H-pyrrole nitrogens is 1. The zero-order chi connectivity index (χ0) is 19.4. The lowest BCUT2D eigenvalue weighted by molar-refractivity contribution is 0.146. The zero-order valence-corrected chi connectivity index (χ0v) is 14.7. The smallest absolute Gasteiger partial charge is 0.280 e. The number of hydrogen-bond acceptors (Lipinski definition) is 6. The molecule has 2 N–H and O–H groups in total. The van der Waals surface area contributed by atoms with Crippen LogP contribution in [0.1, 0.15) is 12.1 Å². The van der Waals surface area contributed by atoms with Crippen molar-refractivity contribution >= 4 is 28.7 Å². The molecule has 3 heterocycles. The molecule has 0 bridgehead atoms. The van der Waals surface area contributed by atoms with Gasteiger partial charge in [0.25, 0.3) is 12.3 Å². The molecule has 0 fully saturated rings. The van der Waals surface area contributed by atoms with Crippen LogP contribution in [0.4, 0.5) is 23.2 Å². The molecule has 0 aromatic carbocycles. The molecule has 0 atom stereocenters. The van der Waals surface area contributed by atoms with Gasteiger partial charge in [-0.25, -0.2) is 22.5 Å². The maximum Gasteiger partial charge on any atom is 0.280 e. The lowest BCUT2D eigenvalue weighted by Crippen LogP contribution is -2.05. The van der Waals surface area contributed by atoms with E-state index in [9.17, 15) is 17.6 Å². The first-order valence-electron chi connectivity index (χ1n) is 7.65. The van der Waals surface area contributed by atoms with Crippen LogP contribution in [0.2, 0.25) is 0 Å². The third-order valence-corrected chi connectivity index (χ3v) is 4.31. The number of ether oxygens (including phenoxy) is 2. The van der Waals surface area contributed by atoms with Crippen molar-refractivity contribution in [3.8, 4) is 11.8 Å². The number of nitrogens with one attached hydrogen (secondary N) is 2. The number of rotatable bonds is 8. The molecule has 144 valence electrons. The zero-order valence-electron chi connectivity index (χ0n) is 13.9. The van der Waals surface area contributed by atoms with E-state index in [0.717, 1.165) is 18.0 Å². The van der Waals surface area contributed by atoms with E-state index in [-0.39, 0.29) is 29.7 Å². The molecule has 0 saturated carbocycles. The summed E-state index contributed by atoms with van der Waals surface area (Å²) in [6.07, 6.45) is -1.08. The number of pyridine rings is 2. The Morgan fingerprint density at radius 3 is 2.78 bits per heavy atom. The van der Waals surface area contributed by atoms with Gasteiger partial charge in [-0.05, 0) is 24.1 Å². The van der Waals surface area contributed by atoms with E-state index >= 15 is 0 Å². The highest BCUT2D eigenvalue weighted by Gasteiger charge is 2.16. The van der Waals surface area contributed by atoms with Crippen LogP contribution in [-0.2, 0) is 0 Å². The van der Waals surface area contributed by atoms with Crippen molar-refractivity contribution in [1.82, 2.24) is 15.0 Å². The average Bonchev–Trinajstić information content (AvgIpc) is 3.07. The minimum absolute atomic E-state index is 0.0516. The molecular formula is C16H14F4N4O2S. The van der Waals surface area contributed by atoms with E-state index in [4.69, 9.17) is 9.47 Å². The van der Waals surface area contributed by atoms with Gasteiger partial charge in [0.1, 0.15) is 30.3 Å². The van der Waals surface area contributed by atoms with Crippen molar-refractivity contribution in [2.75, 3.05) is 25.1 Å². The number of alkyl halides is 3. The predicted octanol–water partition coefficient (Wildman–Crippen LogP) is 4.51. The van der Waals surface area contributed by atoms with Gasteiger partial charge in [-0.3, -0.25) is 0 Å². The summed E-state index contributed by atoms with van der Waals surface area (Å²) >= 11 is 1.09. The number of aromatic nitrogens is 3. The molecule has 0 aliphatic rings. The Kier molecular flexibility index (Phi) is 5.89. The van der Waals surface area contributed by atoms with Crippen LogP contribution in [0.15, 0.2) is 29.3 Å². The Labute approximate surface area is 155 Å². The summed E-state index contributed by atoms with van der Waals surface area (Å²) in [6.45, 7) is -1.10. The highest BCUT2D eigenvalue weighted by Crippen LogP contribution is 2.34. The molecular weight excluding hydrogens is 388 g/mol. The number of aromatic amines is 1. The van der Waals surface area contributed by atoms with Gasteiger partial charge in [-0.2, -0.15) is 4.98 Å². The lowest BCUT2D eigenvalue weighted by atomic mass is 10.3. The van der Waals surface area contributed by atoms with Crippen molar-refractivity contribution in [3.05, 3.63) is 35.9 Å². The molecule has 0 radical (unpaired) electrons. The Hall–Kier alpha value is -2.69. The Morgan fingerprint density at radius 2 is 2.07 bits per heavy atom. The first-order chi connectivity index (χ1) is 13.0. The van der Waals surface area contributed by atoms with Crippen LogP contribution in [0.3, 0.4) is 0 Å². The predicted molar refractivity (Wildman–Crippen MR) is 92.7 cm³/mol. The van der Waals surface area contributed by atoms with Crippen LogP contribution >= 0.6 is 11.9 Å². The number of halogens is 4. The molecule has 11 heteroatoms. The number of nitrogens with zero attached hydrogens (tertiary/aromatic N) is 2. The van der Waals surface area contributed by atoms with Crippen molar-refractivity contribution in [2.45, 2.75) is 11.3 Å². The number of hydrogen-bond donors (Lipinski definition) is 2. The van der Waals surface area contributed by atoms with Crippen LogP contribution in [-0.4, -0.2) is 35.3 Å². The Morgan fingerprint density at radius 1 is 1.26 bits per heavy atom. The van der Waals surface area contributed by atoms with Gasteiger partial charge >= 0.3 is 0 Å². The molecule has 0 amide bonds. The third kappa shape index (κ3) is 4.18. The van der Waals surface area contributed by atoms with Gasteiger partial charge in [-0.1, -0.05) is 0 Å². The maximum atomic E-state index is 14.0. The summed E-state index contributed by atoms with van der Waals surface area (Å²) in [5.41, 5.74) is 0.202. The van der Waals surface area contributed by atoms with E-state index in [1.54, 1.807) is 6.20 Å². The fourth-order valence-corrected chi connectivity index (χ4v) is 2.99. The normalized spacial score (nSPS) is 11.2. The molecule has 0 unspecified atom stereocenters. The summed E-state index contributed by atoms with van der Waals surface area (Å²) in [5, 5.41) is 0.618. The Balaban J connectivity index is 1.80. The van der Waals surface area contributed by atoms with Crippen LogP contribution in [0.5, 0.6) is 11.8 Å². The standard InChI is InChI=1S/C16H14F4N4O2S/c1-25-16-11(6-9(18)15(23-16)26-5-4-17)24-27-12-7-21-14-8(12)2-3-10(22-14)13(19)20/h2-3,6-7,13,24H,4-5H2,1H3,(H,21,22). The lowest BCUT2D eigenvalue weighted by Gasteiger charge is -2.12. The number of methoxy groups -OCH3 is 1. The van der Waals surface area contributed by atoms with E-state index in [0.29, 0.717) is 15.9 Å². The van der Waals surface area contributed by atoms with Crippen LogP contribution in [0.25, 0.3) is 11.0 Å². The third-order valence-electron chi connectivity index (χ3n) is 3.43. The van der Waals surface area contributed by atoms with Crippen molar-refractivity contribution in [1.29, 1.82) is 0 Å². The van der Waals surface area contributed by atoms with Gasteiger partial charge in [0, 0.05) is 17.6 Å². The highest BCUT2D eigenvalue weighted by atomic mass is 32.2. The second kappa shape index (κ2) is 8.33. The van der Waals surface area contributed by atoms with Crippen molar-refractivity contribution < 1.29 is 27.0 Å². The first-order valence-corrected chi connectivity index (χ1v) is 8.47. The minimum atomic E-state index is -2.66. The summed E-state index contributed by atoms with van der Waals surface area (Å²) in [4.78, 5) is 11.2. The second-order valence-electron chi connectivity index (χ2n) is 5.16. The van der Waals surface area contributed by atoms with E-state index in [1.165, 1.54) is 19.2 Å². The molecule has 3 aromatic rings. The monoisotopic (exact) mass is 402 g/mol. The minimum Gasteiger partial charge on any atom is -0.479 e. The second-order valence-corrected chi connectivity index (χ2v) is 6.01. The van der Waals surface area contributed by atoms with Crippen LogP contribution < -0.4 is 14.2 Å². The van der Waals surface area contributed by atoms with Crippen LogP contribution in [0, 0.1) is 5.82 Å². The van der Waals surface area contributed by atoms with E-state index < -0.39 is 18.9 Å². The number of fused-ring (bicyclic) bond motifs is 1. The number of anilines is 1. The fraction of sp³-hybridized carbons (Fsp3) is 0.250. The molecule has 6 nitrogen and oxygen atoms in total. The summed E-state index contributed by atoms with van der Waals surface area (Å²) in [7, 11) is 1.34. The first kappa shape index (κ1) is 19.1. The van der Waals surface area contributed by atoms with Gasteiger partial charge in [0.2, 0.25) is 5.88 Å². The van der Waals surface area contributed by atoms with Gasteiger partial charge in [0.15, 0.2) is 5.82 Å². The van der Waals surface area contributed by atoms with E-state index in [2.05, 4.69) is 19.7 Å². The van der Waals surface area contributed by atoms with Crippen molar-refractivity contribution in [3.63, 3.8) is 0 Å². The maximum absolute atomic E-state index is 14.0. The quantitative estimate of drug-likeness (QED) is 0.427. The Bertz CT molecular complexity index is 938. The van der Waals surface area contributed by atoms with Gasteiger partial charge in [0.05, 0.1) is 12.0 Å². The molecule has 27 heavy (non-hydrogen) atoms. The van der Waals surface area contributed by atoms with Gasteiger partial charge in [-0.15, -0.1) is 0 Å². The highest BCUT2D eigenvalue weighted by molar-refractivity contribution is 8.00.